The van der Waals surface area contributed by atoms with E-state index >= 15 is 0 Å². The van der Waals surface area contributed by atoms with Gasteiger partial charge in [-0.1, -0.05) is 55.8 Å². The van der Waals surface area contributed by atoms with Crippen molar-refractivity contribution in [3.05, 3.63) is 97.4 Å². The molecule has 180 valence electrons. The smallest absolute Gasteiger partial charge is 0.276 e. The molecule has 6 nitrogen and oxygen atoms in total. The van der Waals surface area contributed by atoms with E-state index in [1.165, 1.54) is 0 Å². The van der Waals surface area contributed by atoms with Gasteiger partial charge in [0.15, 0.2) is 0 Å². The largest absolute Gasteiger partial charge is 0.472 e. The highest BCUT2D eigenvalue weighted by molar-refractivity contribution is 9.10. The topological polar surface area (TPSA) is 69.9 Å². The third-order valence-electron chi connectivity index (χ3n) is 5.85. The van der Waals surface area contributed by atoms with Gasteiger partial charge in [-0.25, -0.2) is 9.97 Å². The molecule has 0 fully saturated rings. The Morgan fingerprint density at radius 2 is 1.77 bits per heavy atom. The Labute approximate surface area is 214 Å². The second kappa shape index (κ2) is 10.1. The first kappa shape index (κ1) is 24.8. The van der Waals surface area contributed by atoms with Crippen molar-refractivity contribution in [2.45, 2.75) is 54.1 Å². The first-order valence-corrected chi connectivity index (χ1v) is 12.4. The Morgan fingerprint density at radius 1 is 1.00 bits per heavy atom. The summed E-state index contributed by atoms with van der Waals surface area (Å²) in [5, 5.41) is 0. The Kier molecular flexibility index (Phi) is 7.17. The maximum atomic E-state index is 13.5. The first-order chi connectivity index (χ1) is 16.7. The number of nitrogens with zero attached hydrogens (tertiary/aromatic N) is 4. The van der Waals surface area contributed by atoms with Gasteiger partial charge in [-0.15, -0.1) is 0 Å². The lowest BCUT2D eigenvalue weighted by Crippen LogP contribution is -2.24. The Balaban J connectivity index is 1.75. The summed E-state index contributed by atoms with van der Waals surface area (Å²) in [5.74, 6) is 1.84. The summed E-state index contributed by atoms with van der Waals surface area (Å²) >= 11 is 3.43. The summed E-state index contributed by atoms with van der Waals surface area (Å²) in [6.07, 6.45) is 1.85. The number of aryl methyl sites for hydroxylation is 4. The molecule has 7 heteroatoms. The summed E-state index contributed by atoms with van der Waals surface area (Å²) < 4.78 is 7.82. The van der Waals surface area contributed by atoms with E-state index in [-0.39, 0.29) is 17.4 Å². The van der Waals surface area contributed by atoms with Crippen LogP contribution in [0.5, 0.6) is 5.88 Å². The van der Waals surface area contributed by atoms with Gasteiger partial charge in [0.2, 0.25) is 5.88 Å². The number of hydrogen-bond acceptors (Lipinski definition) is 5. The third kappa shape index (κ3) is 5.20. The lowest BCUT2D eigenvalue weighted by Gasteiger charge is -2.17. The highest BCUT2D eigenvalue weighted by atomic mass is 79.9. The third-order valence-corrected chi connectivity index (χ3v) is 6.53. The highest BCUT2D eigenvalue weighted by Crippen LogP contribution is 2.28. The van der Waals surface area contributed by atoms with Gasteiger partial charge in [0, 0.05) is 17.7 Å². The van der Waals surface area contributed by atoms with Crippen LogP contribution in [0.4, 0.5) is 0 Å². The minimum Gasteiger partial charge on any atom is -0.472 e. The number of benzene rings is 2. The van der Waals surface area contributed by atoms with Crippen LogP contribution in [0.25, 0.3) is 16.9 Å². The second-order valence-corrected chi connectivity index (χ2v) is 9.91. The van der Waals surface area contributed by atoms with E-state index in [1.54, 1.807) is 4.57 Å². The van der Waals surface area contributed by atoms with Crippen molar-refractivity contribution in [2.75, 3.05) is 0 Å². The highest BCUT2D eigenvalue weighted by Gasteiger charge is 2.18. The molecule has 0 aliphatic rings. The van der Waals surface area contributed by atoms with Gasteiger partial charge in [0.1, 0.15) is 22.7 Å². The standard InChI is InChI=1S/C28H29BrN4O2/c1-16(2)26-30-14-19(5)25(32-26)22-11-10-18(4)23(13-22)33-20(6)31-27(24(29)28(33)34)35-15-21-9-7-8-17(3)12-21/h7-14,16H,15H2,1-6H3. The average molecular weight is 533 g/mol. The molecule has 0 radical (unpaired) electrons. The van der Waals surface area contributed by atoms with Crippen molar-refractivity contribution in [1.82, 2.24) is 19.5 Å². The molecule has 0 saturated heterocycles. The first-order valence-electron chi connectivity index (χ1n) is 11.6. The van der Waals surface area contributed by atoms with E-state index in [9.17, 15) is 4.79 Å². The van der Waals surface area contributed by atoms with Crippen LogP contribution in [0.2, 0.25) is 0 Å². The van der Waals surface area contributed by atoms with Crippen LogP contribution in [0.15, 0.2) is 57.9 Å². The van der Waals surface area contributed by atoms with Gasteiger partial charge < -0.3 is 4.74 Å². The molecule has 2 aromatic carbocycles. The number of aromatic nitrogens is 4. The Hall–Kier alpha value is -3.32. The molecule has 35 heavy (non-hydrogen) atoms. The lowest BCUT2D eigenvalue weighted by molar-refractivity contribution is 0.289. The Morgan fingerprint density at radius 3 is 2.49 bits per heavy atom. The molecule has 0 spiro atoms. The molecular weight excluding hydrogens is 504 g/mol. The average Bonchev–Trinajstić information content (AvgIpc) is 2.82. The maximum Gasteiger partial charge on any atom is 0.276 e. The molecule has 0 amide bonds. The molecule has 4 rings (SSSR count). The number of rotatable bonds is 6. The van der Waals surface area contributed by atoms with Gasteiger partial charge in [0.05, 0.1) is 11.4 Å². The van der Waals surface area contributed by atoms with E-state index in [0.717, 1.165) is 45.0 Å². The van der Waals surface area contributed by atoms with Crippen LogP contribution in [0, 0.1) is 27.7 Å². The SMILES string of the molecule is Cc1cccc(COc2nc(C)n(-c3cc(-c4nc(C(C)C)ncc4C)ccc3C)c(=O)c2Br)c1. The minimum absolute atomic E-state index is 0.219. The van der Waals surface area contributed by atoms with Crippen LogP contribution in [-0.4, -0.2) is 19.5 Å². The van der Waals surface area contributed by atoms with Crippen molar-refractivity contribution in [1.29, 1.82) is 0 Å². The quantitative estimate of drug-likeness (QED) is 0.287. The summed E-state index contributed by atoms with van der Waals surface area (Å²) in [6.45, 7) is 12.3. The van der Waals surface area contributed by atoms with Gasteiger partial charge in [0.25, 0.3) is 5.56 Å². The van der Waals surface area contributed by atoms with Crippen LogP contribution in [0.1, 0.15) is 53.7 Å². The zero-order chi connectivity index (χ0) is 25.3. The van der Waals surface area contributed by atoms with E-state index in [0.29, 0.717) is 16.9 Å². The van der Waals surface area contributed by atoms with Crippen molar-refractivity contribution in [3.63, 3.8) is 0 Å². The fourth-order valence-corrected chi connectivity index (χ4v) is 4.32. The zero-order valence-electron chi connectivity index (χ0n) is 20.9. The van der Waals surface area contributed by atoms with Crippen molar-refractivity contribution < 1.29 is 4.74 Å². The molecule has 0 aliphatic heterocycles. The van der Waals surface area contributed by atoms with Gasteiger partial charge >= 0.3 is 0 Å². The number of ether oxygens (including phenoxy) is 1. The summed E-state index contributed by atoms with van der Waals surface area (Å²) in [7, 11) is 0. The monoisotopic (exact) mass is 532 g/mol. The maximum absolute atomic E-state index is 13.5. The second-order valence-electron chi connectivity index (χ2n) is 9.11. The number of hydrogen-bond donors (Lipinski definition) is 0. The summed E-state index contributed by atoms with van der Waals surface area (Å²) in [6, 6.07) is 14.1. The molecule has 2 aromatic heterocycles. The normalized spacial score (nSPS) is 11.2. The van der Waals surface area contributed by atoms with E-state index < -0.39 is 0 Å². The van der Waals surface area contributed by atoms with Crippen LogP contribution < -0.4 is 10.3 Å². The van der Waals surface area contributed by atoms with E-state index in [4.69, 9.17) is 9.72 Å². The molecule has 0 aliphatic carbocycles. The molecule has 0 saturated carbocycles. The van der Waals surface area contributed by atoms with Crippen LogP contribution >= 0.6 is 15.9 Å². The fourth-order valence-electron chi connectivity index (χ4n) is 3.94. The number of halogens is 1. The molecule has 0 atom stereocenters. The predicted octanol–water partition coefficient (Wildman–Crippen LogP) is 6.39. The van der Waals surface area contributed by atoms with Gasteiger partial charge in [-0.2, -0.15) is 4.98 Å². The molecule has 0 bridgehead atoms. The molecule has 2 heterocycles. The van der Waals surface area contributed by atoms with Gasteiger partial charge in [-0.3, -0.25) is 9.36 Å². The minimum atomic E-state index is -0.223. The van der Waals surface area contributed by atoms with Crippen molar-refractivity contribution >= 4 is 15.9 Å². The Bertz CT molecular complexity index is 1460. The zero-order valence-corrected chi connectivity index (χ0v) is 22.5. The molecular formula is C28H29BrN4O2. The molecule has 4 aromatic rings. The summed E-state index contributed by atoms with van der Waals surface area (Å²) in [5.41, 5.74) is 6.43. The van der Waals surface area contributed by atoms with Crippen molar-refractivity contribution in [2.24, 2.45) is 0 Å². The molecule has 0 N–H and O–H groups in total. The van der Waals surface area contributed by atoms with E-state index in [2.05, 4.69) is 45.8 Å². The predicted molar refractivity (Wildman–Crippen MR) is 142 cm³/mol. The lowest BCUT2D eigenvalue weighted by atomic mass is 10.0. The van der Waals surface area contributed by atoms with Gasteiger partial charge in [-0.05, 0) is 66.4 Å². The fraction of sp³-hybridized carbons (Fsp3) is 0.286. The van der Waals surface area contributed by atoms with Crippen LogP contribution in [0.3, 0.4) is 0 Å². The molecule has 0 unspecified atom stereocenters. The van der Waals surface area contributed by atoms with Crippen molar-refractivity contribution in [3.8, 4) is 22.8 Å². The van der Waals surface area contributed by atoms with Crippen LogP contribution in [-0.2, 0) is 6.61 Å². The summed E-state index contributed by atoms with van der Waals surface area (Å²) in [4.78, 5) is 27.3. The van der Waals surface area contributed by atoms with E-state index in [1.807, 2.05) is 70.3 Å².